The zero-order chi connectivity index (χ0) is 21.0. The van der Waals surface area contributed by atoms with Gasteiger partial charge in [-0.2, -0.15) is 4.31 Å². The summed E-state index contributed by atoms with van der Waals surface area (Å²) in [7, 11) is -1.74. The number of piperidine rings is 1. The van der Waals surface area contributed by atoms with Crippen molar-refractivity contribution in [3.05, 3.63) is 47.3 Å². The van der Waals surface area contributed by atoms with E-state index in [0.29, 0.717) is 42.4 Å². The predicted octanol–water partition coefficient (Wildman–Crippen LogP) is 2.77. The third-order valence-corrected chi connectivity index (χ3v) is 8.34. The van der Waals surface area contributed by atoms with Crippen molar-refractivity contribution in [1.82, 2.24) is 9.21 Å². The van der Waals surface area contributed by atoms with Crippen LogP contribution in [-0.4, -0.2) is 49.6 Å². The molecule has 2 amide bonds. The highest BCUT2D eigenvalue weighted by molar-refractivity contribution is 7.91. The minimum atomic E-state index is -3.46. The summed E-state index contributed by atoms with van der Waals surface area (Å²) in [5.41, 5.74) is 1.61. The van der Waals surface area contributed by atoms with Crippen LogP contribution in [0.5, 0.6) is 0 Å². The van der Waals surface area contributed by atoms with Crippen molar-refractivity contribution in [2.45, 2.75) is 30.5 Å². The van der Waals surface area contributed by atoms with E-state index in [9.17, 15) is 18.0 Å². The molecule has 29 heavy (non-hydrogen) atoms. The third kappa shape index (κ3) is 5.23. The molecule has 1 aromatic heterocycles. The lowest BCUT2D eigenvalue weighted by atomic mass is 9.97. The van der Waals surface area contributed by atoms with E-state index in [1.165, 1.54) is 22.6 Å². The van der Waals surface area contributed by atoms with E-state index >= 15 is 0 Å². The monoisotopic (exact) mass is 435 g/mol. The van der Waals surface area contributed by atoms with E-state index in [4.69, 9.17) is 0 Å². The lowest BCUT2D eigenvalue weighted by Gasteiger charge is -2.30. The van der Waals surface area contributed by atoms with Gasteiger partial charge in [0.15, 0.2) is 0 Å². The molecule has 2 aromatic rings. The highest BCUT2D eigenvalue weighted by atomic mass is 32.2. The summed E-state index contributed by atoms with van der Waals surface area (Å²) in [4.78, 5) is 25.7. The minimum absolute atomic E-state index is 0.0244. The Hall–Kier alpha value is -2.23. The van der Waals surface area contributed by atoms with Gasteiger partial charge in [0.1, 0.15) is 4.21 Å². The van der Waals surface area contributed by atoms with Gasteiger partial charge in [0.05, 0.1) is 0 Å². The molecule has 0 aliphatic carbocycles. The van der Waals surface area contributed by atoms with Crippen LogP contribution in [-0.2, 0) is 26.2 Å². The van der Waals surface area contributed by atoms with Crippen LogP contribution in [0.4, 0.5) is 5.69 Å². The van der Waals surface area contributed by atoms with Crippen molar-refractivity contribution >= 4 is 38.9 Å². The zero-order valence-electron chi connectivity index (χ0n) is 16.5. The SMILES string of the molecule is CC(=O)N(C)Cc1cccc(NC(=O)C2CCN(S(=O)(=O)c3cccs3)CC2)c1. The summed E-state index contributed by atoms with van der Waals surface area (Å²) in [6.45, 7) is 2.65. The summed E-state index contributed by atoms with van der Waals surface area (Å²) in [5.74, 6) is -0.354. The summed E-state index contributed by atoms with van der Waals surface area (Å²) >= 11 is 1.21. The van der Waals surface area contributed by atoms with Gasteiger partial charge < -0.3 is 10.2 Å². The average molecular weight is 436 g/mol. The summed E-state index contributed by atoms with van der Waals surface area (Å²) in [6, 6.07) is 10.7. The van der Waals surface area contributed by atoms with Crippen LogP contribution in [0.2, 0.25) is 0 Å². The number of nitrogens with one attached hydrogen (secondary N) is 1. The maximum atomic E-state index is 12.7. The van der Waals surface area contributed by atoms with E-state index in [2.05, 4.69) is 5.32 Å². The van der Waals surface area contributed by atoms with Gasteiger partial charge in [-0.25, -0.2) is 8.42 Å². The molecule has 1 aliphatic rings. The van der Waals surface area contributed by atoms with Crippen molar-refractivity contribution in [3.8, 4) is 0 Å². The first kappa shape index (κ1) is 21.5. The third-order valence-electron chi connectivity index (χ3n) is 5.07. The molecule has 1 aliphatic heterocycles. The Morgan fingerprint density at radius 2 is 1.93 bits per heavy atom. The quantitative estimate of drug-likeness (QED) is 0.756. The number of carbonyl (C=O) groups is 2. The summed E-state index contributed by atoms with van der Waals surface area (Å²) in [6.07, 6.45) is 0.979. The normalized spacial score (nSPS) is 15.8. The number of hydrogen-bond acceptors (Lipinski definition) is 5. The van der Waals surface area contributed by atoms with E-state index in [0.717, 1.165) is 5.56 Å². The maximum Gasteiger partial charge on any atom is 0.252 e. The van der Waals surface area contributed by atoms with Crippen LogP contribution in [0.25, 0.3) is 0 Å². The topological polar surface area (TPSA) is 86.8 Å². The molecule has 0 unspecified atom stereocenters. The van der Waals surface area contributed by atoms with Crippen molar-refractivity contribution in [1.29, 1.82) is 0 Å². The van der Waals surface area contributed by atoms with Crippen molar-refractivity contribution in [2.24, 2.45) is 5.92 Å². The molecule has 9 heteroatoms. The van der Waals surface area contributed by atoms with Crippen LogP contribution < -0.4 is 5.32 Å². The predicted molar refractivity (Wildman–Crippen MR) is 113 cm³/mol. The minimum Gasteiger partial charge on any atom is -0.342 e. The van der Waals surface area contributed by atoms with Gasteiger partial charge in [-0.3, -0.25) is 9.59 Å². The fourth-order valence-electron chi connectivity index (χ4n) is 3.27. The fraction of sp³-hybridized carbons (Fsp3) is 0.400. The fourth-order valence-corrected chi connectivity index (χ4v) is 5.89. The van der Waals surface area contributed by atoms with Gasteiger partial charge in [-0.05, 0) is 42.0 Å². The molecule has 3 rings (SSSR count). The molecule has 1 aromatic carbocycles. The number of amides is 2. The van der Waals surface area contributed by atoms with E-state index in [-0.39, 0.29) is 17.7 Å². The molecule has 0 radical (unpaired) electrons. The molecule has 1 saturated heterocycles. The van der Waals surface area contributed by atoms with Crippen LogP contribution in [0.3, 0.4) is 0 Å². The largest absolute Gasteiger partial charge is 0.342 e. The molecular formula is C20H25N3O4S2. The summed E-state index contributed by atoms with van der Waals surface area (Å²) < 4.78 is 27.0. The van der Waals surface area contributed by atoms with E-state index < -0.39 is 10.0 Å². The molecule has 156 valence electrons. The molecule has 1 fully saturated rings. The average Bonchev–Trinajstić information content (AvgIpc) is 3.24. The van der Waals surface area contributed by atoms with E-state index in [1.807, 2.05) is 24.3 Å². The van der Waals surface area contributed by atoms with E-state index in [1.54, 1.807) is 29.5 Å². The zero-order valence-corrected chi connectivity index (χ0v) is 18.1. The number of rotatable bonds is 6. The molecule has 0 saturated carbocycles. The van der Waals surface area contributed by atoms with Crippen LogP contribution in [0.1, 0.15) is 25.3 Å². The number of nitrogens with zero attached hydrogens (tertiary/aromatic N) is 2. The molecule has 0 bridgehead atoms. The number of benzene rings is 1. The number of carbonyl (C=O) groups excluding carboxylic acids is 2. The highest BCUT2D eigenvalue weighted by Crippen LogP contribution is 2.27. The van der Waals surface area contributed by atoms with Crippen LogP contribution in [0, 0.1) is 5.92 Å². The Morgan fingerprint density at radius 3 is 2.55 bits per heavy atom. The van der Waals surface area contributed by atoms with Gasteiger partial charge in [-0.15, -0.1) is 11.3 Å². The Morgan fingerprint density at radius 1 is 1.21 bits per heavy atom. The molecule has 1 N–H and O–H groups in total. The molecular weight excluding hydrogens is 410 g/mol. The Balaban J connectivity index is 1.57. The number of thiophene rings is 1. The van der Waals surface area contributed by atoms with Gasteiger partial charge in [0.2, 0.25) is 11.8 Å². The van der Waals surface area contributed by atoms with Crippen molar-refractivity contribution < 1.29 is 18.0 Å². The van der Waals surface area contributed by atoms with Crippen molar-refractivity contribution in [2.75, 3.05) is 25.5 Å². The van der Waals surface area contributed by atoms with Crippen LogP contribution in [0.15, 0.2) is 46.0 Å². The second kappa shape index (κ2) is 9.06. The highest BCUT2D eigenvalue weighted by Gasteiger charge is 2.32. The molecule has 7 nitrogen and oxygen atoms in total. The standard InChI is InChI=1S/C20H25N3O4S2/c1-15(24)22(2)14-16-5-3-6-18(13-16)21-20(25)17-8-10-23(11-9-17)29(26,27)19-7-4-12-28-19/h3-7,12-13,17H,8-11,14H2,1-2H3,(H,21,25). The Bertz CT molecular complexity index is 965. The number of sulfonamides is 1. The first-order chi connectivity index (χ1) is 13.8. The van der Waals surface area contributed by atoms with Crippen molar-refractivity contribution in [3.63, 3.8) is 0 Å². The Labute approximate surface area is 175 Å². The number of anilines is 1. The lowest BCUT2D eigenvalue weighted by molar-refractivity contribution is -0.128. The second-order valence-electron chi connectivity index (χ2n) is 7.18. The number of hydrogen-bond donors (Lipinski definition) is 1. The van der Waals surface area contributed by atoms with Gasteiger partial charge in [-0.1, -0.05) is 18.2 Å². The second-order valence-corrected chi connectivity index (χ2v) is 10.3. The van der Waals surface area contributed by atoms with Gasteiger partial charge >= 0.3 is 0 Å². The van der Waals surface area contributed by atoms with Gasteiger partial charge in [0, 0.05) is 45.2 Å². The Kier molecular flexibility index (Phi) is 6.71. The maximum absolute atomic E-state index is 12.7. The smallest absolute Gasteiger partial charge is 0.252 e. The molecule has 0 atom stereocenters. The molecule has 2 heterocycles. The van der Waals surface area contributed by atoms with Gasteiger partial charge in [0.25, 0.3) is 10.0 Å². The first-order valence-corrected chi connectivity index (χ1v) is 11.7. The lowest BCUT2D eigenvalue weighted by Crippen LogP contribution is -2.41. The first-order valence-electron chi connectivity index (χ1n) is 9.42. The summed E-state index contributed by atoms with van der Waals surface area (Å²) in [5, 5.41) is 4.67. The van der Waals surface area contributed by atoms with Crippen LogP contribution >= 0.6 is 11.3 Å². The molecule has 0 spiro atoms.